The van der Waals surface area contributed by atoms with Crippen LogP contribution in [0.1, 0.15) is 74.4 Å². The van der Waals surface area contributed by atoms with E-state index in [0.29, 0.717) is 24.5 Å². The van der Waals surface area contributed by atoms with Crippen molar-refractivity contribution in [3.8, 4) is 0 Å². The number of nitrogens with zero attached hydrogens (tertiary/aromatic N) is 1. The summed E-state index contributed by atoms with van der Waals surface area (Å²) >= 11 is 0. The lowest BCUT2D eigenvalue weighted by Gasteiger charge is -2.26. The lowest BCUT2D eigenvalue weighted by molar-refractivity contribution is -0.137. The maximum Gasteiger partial charge on any atom is 0.416 e. The van der Waals surface area contributed by atoms with Gasteiger partial charge in [0.2, 0.25) is 6.41 Å². The second-order valence-electron chi connectivity index (χ2n) is 9.53. The summed E-state index contributed by atoms with van der Waals surface area (Å²) in [5.74, 6) is -0.760. The van der Waals surface area contributed by atoms with E-state index in [1.54, 1.807) is 18.2 Å². The minimum atomic E-state index is -4.56. The summed E-state index contributed by atoms with van der Waals surface area (Å²) in [6.07, 6.45) is 1.35. The van der Waals surface area contributed by atoms with Gasteiger partial charge in [-0.15, -0.1) is 24.0 Å². The molecule has 2 aliphatic rings. The van der Waals surface area contributed by atoms with Crippen molar-refractivity contribution in [3.63, 3.8) is 0 Å². The number of hydrogen-bond acceptors (Lipinski definition) is 4. The number of carbonyl (C=O) groups excluding carboxylic acids is 2. The predicted molar refractivity (Wildman–Crippen MR) is 152 cm³/mol. The van der Waals surface area contributed by atoms with Crippen LogP contribution in [-0.2, 0) is 20.8 Å². The van der Waals surface area contributed by atoms with Crippen molar-refractivity contribution in [1.29, 1.82) is 0 Å². The van der Waals surface area contributed by atoms with Gasteiger partial charge in [-0.05, 0) is 74.8 Å². The van der Waals surface area contributed by atoms with E-state index in [0.717, 1.165) is 57.3 Å². The number of amides is 2. The fraction of sp³-hybridized carbons (Fsp3) is 0.481. The number of benzene rings is 2. The van der Waals surface area contributed by atoms with E-state index in [-0.39, 0.29) is 53.4 Å². The van der Waals surface area contributed by atoms with Crippen LogP contribution in [0.3, 0.4) is 0 Å². The van der Waals surface area contributed by atoms with Crippen LogP contribution in [-0.4, -0.2) is 44.5 Å². The monoisotopic (exact) mass is 686 g/mol. The average Bonchev–Trinajstić information content (AvgIpc) is 3.73. The van der Waals surface area contributed by atoms with Crippen LogP contribution in [0, 0.1) is 11.7 Å². The Balaban J connectivity index is 0.000000383. The molecule has 1 atom stereocenters. The molecule has 0 bridgehead atoms. The van der Waals surface area contributed by atoms with E-state index in [1.165, 1.54) is 6.07 Å². The minimum Gasteiger partial charge on any atom is -0.351 e. The summed E-state index contributed by atoms with van der Waals surface area (Å²) in [5, 5.41) is 2.46. The van der Waals surface area contributed by atoms with E-state index >= 15 is 0 Å². The summed E-state index contributed by atoms with van der Waals surface area (Å²) in [5.41, 5.74) is -0.439. The van der Waals surface area contributed by atoms with Crippen molar-refractivity contribution in [2.75, 3.05) is 18.8 Å². The third kappa shape index (κ3) is 9.16. The lowest BCUT2D eigenvalue weighted by atomic mass is 10.00. The van der Waals surface area contributed by atoms with Gasteiger partial charge in [0.1, 0.15) is 5.82 Å². The fourth-order valence-electron chi connectivity index (χ4n) is 4.43. The summed E-state index contributed by atoms with van der Waals surface area (Å²) in [6.45, 7) is 3.37. The summed E-state index contributed by atoms with van der Waals surface area (Å²) in [4.78, 5) is 24.9. The van der Waals surface area contributed by atoms with Gasteiger partial charge < -0.3 is 10.2 Å². The molecule has 2 amide bonds. The second kappa shape index (κ2) is 14.4. The van der Waals surface area contributed by atoms with E-state index in [4.69, 9.17) is 0 Å². The molecule has 6 nitrogen and oxygen atoms in total. The second-order valence-corrected chi connectivity index (χ2v) is 11.6. The Morgan fingerprint density at radius 3 is 2.33 bits per heavy atom. The van der Waals surface area contributed by atoms with Crippen LogP contribution in [0.25, 0.3) is 0 Å². The molecule has 0 spiro atoms. The maximum absolute atomic E-state index is 13.7. The molecular formula is C27H35F4IN2O4S. The quantitative estimate of drug-likeness (QED) is 0.198. The average molecular weight is 687 g/mol. The van der Waals surface area contributed by atoms with E-state index in [1.807, 2.05) is 11.8 Å². The van der Waals surface area contributed by atoms with Crippen molar-refractivity contribution in [2.24, 2.45) is 5.92 Å². The van der Waals surface area contributed by atoms with Gasteiger partial charge in [0.15, 0.2) is 9.84 Å². The van der Waals surface area contributed by atoms with Gasteiger partial charge >= 0.3 is 6.18 Å². The summed E-state index contributed by atoms with van der Waals surface area (Å²) < 4.78 is 74.9. The number of hydrogen-bond donors (Lipinski definition) is 1. The maximum atomic E-state index is 13.7. The zero-order valence-corrected chi connectivity index (χ0v) is 24.7. The minimum absolute atomic E-state index is 0. The lowest BCUT2D eigenvalue weighted by Crippen LogP contribution is -2.35. The topological polar surface area (TPSA) is 83.6 Å². The van der Waals surface area contributed by atoms with Gasteiger partial charge in [-0.2, -0.15) is 13.2 Å². The van der Waals surface area contributed by atoms with Gasteiger partial charge in [-0.1, -0.05) is 19.1 Å². The first-order chi connectivity index (χ1) is 18.0. The van der Waals surface area contributed by atoms with Crippen LogP contribution in [0.15, 0.2) is 47.4 Å². The molecule has 1 heterocycles. The van der Waals surface area contributed by atoms with Crippen LogP contribution in [0.2, 0.25) is 0 Å². The van der Waals surface area contributed by atoms with Crippen molar-refractivity contribution < 1.29 is 37.0 Å². The Hall–Kier alpha value is -2.22. The Kier molecular flexibility index (Phi) is 12.2. The molecule has 39 heavy (non-hydrogen) atoms. The van der Waals surface area contributed by atoms with Crippen molar-refractivity contribution in [2.45, 2.75) is 62.6 Å². The third-order valence-corrected chi connectivity index (χ3v) is 8.48. The molecule has 1 aliphatic heterocycles. The molecule has 0 unspecified atom stereocenters. The van der Waals surface area contributed by atoms with E-state index < -0.39 is 33.4 Å². The molecular weight excluding hydrogens is 651 g/mol. The molecule has 0 aromatic heterocycles. The fourth-order valence-corrected chi connectivity index (χ4v) is 5.79. The SMILES string of the molecule is CCCS(=O)(=O)c1cccc(C(=O)N2CCCCC2)c1.I.O=CN[C@@H](c1ccc(C(F)(F)F)cc1F)C1CC1.[HH]. The van der Waals surface area contributed by atoms with Crippen LogP contribution in [0.5, 0.6) is 0 Å². The first kappa shape index (κ1) is 33.0. The molecule has 4 rings (SSSR count). The van der Waals surface area contributed by atoms with E-state index in [9.17, 15) is 35.6 Å². The van der Waals surface area contributed by atoms with Crippen molar-refractivity contribution in [3.05, 3.63) is 65.0 Å². The van der Waals surface area contributed by atoms with Gasteiger partial charge in [0, 0.05) is 25.6 Å². The summed E-state index contributed by atoms with van der Waals surface area (Å²) in [6, 6.07) is 8.29. The Labute approximate surface area is 245 Å². The van der Waals surface area contributed by atoms with Gasteiger partial charge in [-0.25, -0.2) is 12.8 Å². The Bertz CT molecular complexity index is 1240. The molecule has 12 heteroatoms. The largest absolute Gasteiger partial charge is 0.416 e. The highest BCUT2D eigenvalue weighted by atomic mass is 127. The number of carbonyl (C=O) groups is 2. The highest BCUT2D eigenvalue weighted by Gasteiger charge is 2.36. The first-order valence-corrected chi connectivity index (χ1v) is 14.3. The standard InChI is InChI=1S/C15H21NO3S.C12H11F4NO.HI.H2/c1-2-11-20(18,19)14-8-6-7-13(12-14)15(17)16-9-4-3-5-10-16;13-10-5-8(12(14,15)16)3-4-9(10)11(17-6-18)7-1-2-7;;/h6-8,12H,2-5,9-11H2,1H3;3-7,11H,1-2H2,(H,17,18);2*1H/t;11-;;/m.1../s1. The van der Waals surface area contributed by atoms with Crippen molar-refractivity contribution in [1.82, 2.24) is 10.2 Å². The molecule has 1 saturated carbocycles. The van der Waals surface area contributed by atoms with Crippen LogP contribution < -0.4 is 5.32 Å². The number of nitrogens with one attached hydrogen (secondary N) is 1. The van der Waals surface area contributed by atoms with Crippen molar-refractivity contribution >= 4 is 46.1 Å². The number of halogens is 5. The molecule has 1 aliphatic carbocycles. The molecule has 0 radical (unpaired) electrons. The third-order valence-electron chi connectivity index (χ3n) is 6.56. The number of piperidine rings is 1. The first-order valence-electron chi connectivity index (χ1n) is 12.7. The summed E-state index contributed by atoms with van der Waals surface area (Å²) in [7, 11) is -3.27. The zero-order valence-electron chi connectivity index (χ0n) is 21.5. The molecule has 2 aromatic rings. The van der Waals surface area contributed by atoms with Crippen LogP contribution in [0.4, 0.5) is 17.6 Å². The predicted octanol–water partition coefficient (Wildman–Crippen LogP) is 6.40. The molecule has 1 N–H and O–H groups in total. The molecule has 2 aromatic carbocycles. The van der Waals surface area contributed by atoms with Crippen LogP contribution >= 0.6 is 24.0 Å². The van der Waals surface area contributed by atoms with Gasteiger partial charge in [0.05, 0.1) is 22.3 Å². The Morgan fingerprint density at radius 1 is 1.13 bits per heavy atom. The van der Waals surface area contributed by atoms with Gasteiger partial charge in [-0.3, -0.25) is 9.59 Å². The molecule has 1 saturated heterocycles. The Morgan fingerprint density at radius 2 is 1.79 bits per heavy atom. The smallest absolute Gasteiger partial charge is 0.351 e. The highest BCUT2D eigenvalue weighted by Crippen LogP contribution is 2.42. The zero-order chi connectivity index (χ0) is 27.9. The van der Waals surface area contributed by atoms with E-state index in [2.05, 4.69) is 5.32 Å². The molecule has 218 valence electrons. The normalized spacial score (nSPS) is 16.3. The number of rotatable bonds is 8. The number of likely N-dealkylation sites (tertiary alicyclic amines) is 1. The number of sulfone groups is 1. The number of alkyl halides is 3. The highest BCUT2D eigenvalue weighted by molar-refractivity contribution is 14.0. The molecule has 2 fully saturated rings. The van der Waals surface area contributed by atoms with Gasteiger partial charge in [0.25, 0.3) is 5.91 Å².